The second kappa shape index (κ2) is 4.89. The van der Waals surface area contributed by atoms with Crippen molar-refractivity contribution in [1.82, 2.24) is 9.62 Å². The van der Waals surface area contributed by atoms with Gasteiger partial charge in [0.25, 0.3) is 0 Å². The van der Waals surface area contributed by atoms with Crippen molar-refractivity contribution in [3.05, 3.63) is 35.4 Å². The molecule has 2 aliphatic heterocycles. The van der Waals surface area contributed by atoms with E-state index < -0.39 is 10.0 Å². The van der Waals surface area contributed by atoms with Crippen LogP contribution in [0.3, 0.4) is 0 Å². The van der Waals surface area contributed by atoms with Gasteiger partial charge in [-0.25, -0.2) is 12.7 Å². The molecular formula is C14H20N2O2S. The summed E-state index contributed by atoms with van der Waals surface area (Å²) in [5, 5.41) is 3.33. The zero-order chi connectivity index (χ0) is 13.5. The third-order valence-electron chi connectivity index (χ3n) is 4.18. The first-order valence-electron chi connectivity index (χ1n) is 6.79. The third kappa shape index (κ3) is 2.68. The largest absolute Gasteiger partial charge is 0.316 e. The van der Waals surface area contributed by atoms with Crippen LogP contribution in [-0.2, 0) is 15.8 Å². The van der Waals surface area contributed by atoms with Gasteiger partial charge in [0, 0.05) is 13.1 Å². The van der Waals surface area contributed by atoms with Crippen molar-refractivity contribution in [3.63, 3.8) is 0 Å². The molecule has 0 saturated carbocycles. The van der Waals surface area contributed by atoms with Crippen molar-refractivity contribution in [2.75, 3.05) is 26.2 Å². The fourth-order valence-corrected chi connectivity index (χ4v) is 4.76. The molecule has 0 aliphatic carbocycles. The van der Waals surface area contributed by atoms with Crippen LogP contribution in [-0.4, -0.2) is 38.9 Å². The minimum Gasteiger partial charge on any atom is -0.316 e. The van der Waals surface area contributed by atoms with Crippen molar-refractivity contribution < 1.29 is 8.42 Å². The van der Waals surface area contributed by atoms with Crippen LogP contribution in [0.2, 0.25) is 0 Å². The average molecular weight is 280 g/mol. The van der Waals surface area contributed by atoms with Crippen LogP contribution in [0.1, 0.15) is 11.1 Å². The minimum absolute atomic E-state index is 0.127. The fraction of sp³-hybridized carbons (Fsp3) is 0.571. The molecule has 3 rings (SSSR count). The number of hydrogen-bond acceptors (Lipinski definition) is 3. The summed E-state index contributed by atoms with van der Waals surface area (Å²) in [5.74, 6) is 1.14. The first kappa shape index (κ1) is 13.1. The molecule has 104 valence electrons. The SMILES string of the molecule is Cc1cccc(CS(=O)(=O)N2C[C@H]3CNC[C@H]3C2)c1. The van der Waals surface area contributed by atoms with Gasteiger partial charge in [-0.3, -0.25) is 0 Å². The van der Waals surface area contributed by atoms with Gasteiger partial charge in [0.05, 0.1) is 5.75 Å². The first-order chi connectivity index (χ1) is 9.04. The lowest BCUT2D eigenvalue weighted by Gasteiger charge is -2.17. The lowest BCUT2D eigenvalue weighted by molar-refractivity contribution is 0.447. The van der Waals surface area contributed by atoms with E-state index in [0.29, 0.717) is 24.9 Å². The number of aryl methyl sites for hydroxylation is 1. The van der Waals surface area contributed by atoms with Gasteiger partial charge < -0.3 is 5.32 Å². The predicted molar refractivity (Wildman–Crippen MR) is 75.2 cm³/mol. The van der Waals surface area contributed by atoms with Crippen LogP contribution >= 0.6 is 0 Å². The molecule has 2 fully saturated rings. The molecule has 0 bridgehead atoms. The molecule has 4 nitrogen and oxygen atoms in total. The van der Waals surface area contributed by atoms with Crippen LogP contribution in [0, 0.1) is 18.8 Å². The Bertz CT molecular complexity index is 559. The smallest absolute Gasteiger partial charge is 0.218 e. The highest BCUT2D eigenvalue weighted by Crippen LogP contribution is 2.29. The van der Waals surface area contributed by atoms with E-state index in [1.54, 1.807) is 4.31 Å². The zero-order valence-electron chi connectivity index (χ0n) is 11.2. The van der Waals surface area contributed by atoms with E-state index in [2.05, 4.69) is 5.32 Å². The van der Waals surface area contributed by atoms with Gasteiger partial charge in [-0.15, -0.1) is 0 Å². The quantitative estimate of drug-likeness (QED) is 0.898. The van der Waals surface area contributed by atoms with E-state index in [4.69, 9.17) is 0 Å². The number of fused-ring (bicyclic) bond motifs is 1. The first-order valence-corrected chi connectivity index (χ1v) is 8.39. The molecule has 0 aromatic heterocycles. The van der Waals surface area contributed by atoms with Crippen molar-refractivity contribution in [3.8, 4) is 0 Å². The van der Waals surface area contributed by atoms with Crippen molar-refractivity contribution in [2.45, 2.75) is 12.7 Å². The summed E-state index contributed by atoms with van der Waals surface area (Å²) in [4.78, 5) is 0. The van der Waals surface area contributed by atoms with E-state index in [0.717, 1.165) is 24.2 Å². The normalized spacial score (nSPS) is 27.6. The zero-order valence-corrected chi connectivity index (χ0v) is 12.0. The Kier molecular flexibility index (Phi) is 3.37. The Hall–Kier alpha value is -0.910. The molecule has 2 heterocycles. The molecule has 0 unspecified atom stereocenters. The molecule has 2 aliphatic rings. The van der Waals surface area contributed by atoms with Crippen molar-refractivity contribution >= 4 is 10.0 Å². The highest BCUT2D eigenvalue weighted by Gasteiger charge is 2.40. The third-order valence-corrected chi connectivity index (χ3v) is 5.96. The van der Waals surface area contributed by atoms with Crippen LogP contribution < -0.4 is 5.32 Å². The maximum Gasteiger partial charge on any atom is 0.218 e. The second-order valence-electron chi connectivity index (χ2n) is 5.74. The number of rotatable bonds is 3. The molecule has 1 N–H and O–H groups in total. The van der Waals surface area contributed by atoms with Gasteiger partial charge in [-0.05, 0) is 37.4 Å². The Balaban J connectivity index is 1.73. The molecule has 0 amide bonds. The van der Waals surface area contributed by atoms with Crippen molar-refractivity contribution in [1.29, 1.82) is 0 Å². The summed E-state index contributed by atoms with van der Waals surface area (Å²) in [5.41, 5.74) is 1.99. The standard InChI is InChI=1S/C14H20N2O2S/c1-11-3-2-4-12(5-11)10-19(17,18)16-8-13-6-15-7-14(13)9-16/h2-5,13-15H,6-10H2,1H3/t13-,14+. The maximum absolute atomic E-state index is 12.5. The molecule has 1 aromatic rings. The maximum atomic E-state index is 12.5. The molecule has 2 atom stereocenters. The molecule has 19 heavy (non-hydrogen) atoms. The van der Waals surface area contributed by atoms with Crippen LogP contribution in [0.15, 0.2) is 24.3 Å². The van der Waals surface area contributed by atoms with Gasteiger partial charge >= 0.3 is 0 Å². The van der Waals surface area contributed by atoms with Gasteiger partial charge in [-0.1, -0.05) is 29.8 Å². The Morgan fingerprint density at radius 3 is 2.58 bits per heavy atom. The van der Waals surface area contributed by atoms with E-state index in [9.17, 15) is 8.42 Å². The van der Waals surface area contributed by atoms with Gasteiger partial charge in [0.2, 0.25) is 10.0 Å². The topological polar surface area (TPSA) is 49.4 Å². The lowest BCUT2D eigenvalue weighted by atomic mass is 10.0. The molecule has 5 heteroatoms. The van der Waals surface area contributed by atoms with E-state index >= 15 is 0 Å². The van der Waals surface area contributed by atoms with Gasteiger partial charge in [0.1, 0.15) is 0 Å². The van der Waals surface area contributed by atoms with Crippen LogP contribution in [0.25, 0.3) is 0 Å². The van der Waals surface area contributed by atoms with Crippen LogP contribution in [0.4, 0.5) is 0 Å². The minimum atomic E-state index is -3.17. The van der Waals surface area contributed by atoms with E-state index in [1.165, 1.54) is 0 Å². The van der Waals surface area contributed by atoms with E-state index in [-0.39, 0.29) is 5.75 Å². The van der Waals surface area contributed by atoms with Crippen LogP contribution in [0.5, 0.6) is 0 Å². The Morgan fingerprint density at radius 2 is 1.95 bits per heavy atom. The summed E-state index contributed by atoms with van der Waals surface area (Å²) in [7, 11) is -3.17. The fourth-order valence-electron chi connectivity index (χ4n) is 3.14. The van der Waals surface area contributed by atoms with Crippen molar-refractivity contribution in [2.24, 2.45) is 11.8 Å². The highest BCUT2D eigenvalue weighted by atomic mass is 32.2. The number of nitrogens with zero attached hydrogens (tertiary/aromatic N) is 1. The van der Waals surface area contributed by atoms with Gasteiger partial charge in [-0.2, -0.15) is 0 Å². The number of hydrogen-bond donors (Lipinski definition) is 1. The Morgan fingerprint density at radius 1 is 1.26 bits per heavy atom. The molecular weight excluding hydrogens is 260 g/mol. The molecule has 0 radical (unpaired) electrons. The number of nitrogens with one attached hydrogen (secondary N) is 1. The predicted octanol–water partition coefficient (Wildman–Crippen LogP) is 0.976. The summed E-state index contributed by atoms with van der Waals surface area (Å²) < 4.78 is 26.6. The van der Waals surface area contributed by atoms with E-state index in [1.807, 2.05) is 31.2 Å². The Labute approximate surface area is 114 Å². The summed E-state index contributed by atoms with van der Waals surface area (Å²) >= 11 is 0. The average Bonchev–Trinajstić information content (AvgIpc) is 2.87. The van der Waals surface area contributed by atoms with Gasteiger partial charge in [0.15, 0.2) is 0 Å². The summed E-state index contributed by atoms with van der Waals surface area (Å²) in [6, 6.07) is 7.75. The number of sulfonamides is 1. The molecule has 2 saturated heterocycles. The molecule has 1 aromatic carbocycles. The monoisotopic (exact) mass is 280 g/mol. The lowest BCUT2D eigenvalue weighted by Crippen LogP contribution is -2.32. The number of benzene rings is 1. The highest BCUT2D eigenvalue weighted by molar-refractivity contribution is 7.88. The summed E-state index contributed by atoms with van der Waals surface area (Å²) in [6.45, 7) is 5.28. The summed E-state index contributed by atoms with van der Waals surface area (Å²) in [6.07, 6.45) is 0. The second-order valence-corrected chi connectivity index (χ2v) is 7.71. The molecule has 0 spiro atoms.